The zero-order valence-electron chi connectivity index (χ0n) is 9.86. The summed E-state index contributed by atoms with van der Waals surface area (Å²) in [5.74, 6) is -0.365. The molecule has 96 valence electrons. The molecule has 0 amide bonds. The Kier molecular flexibility index (Phi) is 3.36. The van der Waals surface area contributed by atoms with Gasteiger partial charge in [-0.25, -0.2) is 9.37 Å². The number of anilines is 1. The molecule has 2 nitrogen and oxygen atoms in total. The Morgan fingerprint density at radius 2 is 2.16 bits per heavy atom. The molecule has 3 aromatic rings. The van der Waals surface area contributed by atoms with Crippen LogP contribution in [-0.2, 0) is 6.54 Å². The maximum atomic E-state index is 13.7. The molecule has 0 atom stereocenters. The molecule has 0 bridgehead atoms. The minimum atomic E-state index is -0.365. The van der Waals surface area contributed by atoms with Crippen molar-refractivity contribution in [2.24, 2.45) is 0 Å². The number of rotatable bonds is 3. The first-order chi connectivity index (χ1) is 9.24. The van der Waals surface area contributed by atoms with Gasteiger partial charge < -0.3 is 5.32 Å². The number of aromatic nitrogens is 1. The van der Waals surface area contributed by atoms with Crippen LogP contribution in [0.25, 0.3) is 10.2 Å². The number of nitrogens with one attached hydrogen (secondary N) is 1. The molecule has 0 aliphatic heterocycles. The largest absolute Gasteiger partial charge is 0.381 e. The standard InChI is InChI=1S/C14H10ClFN2S/c15-11-3-1-2-9(14(11)16)7-17-10-4-5-12-13(6-10)19-8-18-12/h1-6,8,17H,7H2. The third kappa shape index (κ3) is 2.55. The molecule has 1 heterocycles. The Morgan fingerprint density at radius 3 is 3.05 bits per heavy atom. The van der Waals surface area contributed by atoms with Crippen molar-refractivity contribution in [2.45, 2.75) is 6.54 Å². The van der Waals surface area contributed by atoms with Gasteiger partial charge in [0.25, 0.3) is 0 Å². The van der Waals surface area contributed by atoms with Gasteiger partial charge >= 0.3 is 0 Å². The second-order valence-electron chi connectivity index (χ2n) is 4.10. The first-order valence-electron chi connectivity index (χ1n) is 5.74. The monoisotopic (exact) mass is 292 g/mol. The normalized spacial score (nSPS) is 10.8. The molecule has 1 aromatic heterocycles. The van der Waals surface area contributed by atoms with Crippen LogP contribution in [0.4, 0.5) is 10.1 Å². The Morgan fingerprint density at radius 1 is 1.26 bits per heavy atom. The van der Waals surface area contributed by atoms with Gasteiger partial charge in [-0.2, -0.15) is 0 Å². The summed E-state index contributed by atoms with van der Waals surface area (Å²) in [5.41, 5.74) is 4.28. The van der Waals surface area contributed by atoms with Gasteiger partial charge in [-0.3, -0.25) is 0 Å². The minimum Gasteiger partial charge on any atom is -0.381 e. The number of halogens is 2. The predicted molar refractivity (Wildman–Crippen MR) is 78.4 cm³/mol. The van der Waals surface area contributed by atoms with Crippen LogP contribution in [0.1, 0.15) is 5.56 Å². The Hall–Kier alpha value is -1.65. The predicted octanol–water partition coefficient (Wildman–Crippen LogP) is 4.70. The lowest BCUT2D eigenvalue weighted by molar-refractivity contribution is 0.613. The molecule has 19 heavy (non-hydrogen) atoms. The van der Waals surface area contributed by atoms with Gasteiger partial charge in [0, 0.05) is 17.8 Å². The summed E-state index contributed by atoms with van der Waals surface area (Å²) >= 11 is 7.33. The smallest absolute Gasteiger partial charge is 0.146 e. The van der Waals surface area contributed by atoms with E-state index in [9.17, 15) is 4.39 Å². The number of benzene rings is 2. The summed E-state index contributed by atoms with van der Waals surface area (Å²) in [6.07, 6.45) is 0. The summed E-state index contributed by atoms with van der Waals surface area (Å²) in [5, 5.41) is 3.34. The maximum Gasteiger partial charge on any atom is 0.146 e. The van der Waals surface area contributed by atoms with Crippen LogP contribution in [0.3, 0.4) is 0 Å². The first-order valence-corrected chi connectivity index (χ1v) is 7.00. The van der Waals surface area contributed by atoms with E-state index in [1.54, 1.807) is 29.5 Å². The Labute approximate surface area is 118 Å². The van der Waals surface area contributed by atoms with E-state index in [0.717, 1.165) is 15.9 Å². The fourth-order valence-corrected chi connectivity index (χ4v) is 2.76. The molecule has 0 aliphatic carbocycles. The average molecular weight is 293 g/mol. The molecule has 5 heteroatoms. The third-order valence-electron chi connectivity index (χ3n) is 2.85. The number of nitrogens with zero attached hydrogens (tertiary/aromatic N) is 1. The molecule has 0 saturated heterocycles. The van der Waals surface area contributed by atoms with Crippen molar-refractivity contribution in [3.63, 3.8) is 0 Å². The van der Waals surface area contributed by atoms with E-state index in [4.69, 9.17) is 11.6 Å². The molecule has 1 N–H and O–H groups in total. The van der Waals surface area contributed by atoms with E-state index in [1.807, 2.05) is 23.7 Å². The van der Waals surface area contributed by atoms with Gasteiger partial charge in [0.15, 0.2) is 0 Å². The van der Waals surface area contributed by atoms with Gasteiger partial charge in [0.2, 0.25) is 0 Å². The lowest BCUT2D eigenvalue weighted by Gasteiger charge is -2.08. The van der Waals surface area contributed by atoms with Crippen molar-refractivity contribution in [2.75, 3.05) is 5.32 Å². The molecule has 0 fully saturated rings. The van der Waals surface area contributed by atoms with Crippen molar-refractivity contribution in [3.8, 4) is 0 Å². The number of thiazole rings is 1. The summed E-state index contributed by atoms with van der Waals surface area (Å²) in [4.78, 5) is 4.22. The maximum absolute atomic E-state index is 13.7. The lowest BCUT2D eigenvalue weighted by Crippen LogP contribution is -2.01. The summed E-state index contributed by atoms with van der Waals surface area (Å²) in [6, 6.07) is 10.9. The van der Waals surface area contributed by atoms with E-state index in [2.05, 4.69) is 10.3 Å². The van der Waals surface area contributed by atoms with E-state index in [-0.39, 0.29) is 10.8 Å². The number of hydrogen-bond acceptors (Lipinski definition) is 3. The van der Waals surface area contributed by atoms with Crippen LogP contribution in [0.2, 0.25) is 5.02 Å². The van der Waals surface area contributed by atoms with Crippen LogP contribution in [0.15, 0.2) is 41.9 Å². The highest BCUT2D eigenvalue weighted by Crippen LogP contribution is 2.23. The van der Waals surface area contributed by atoms with Crippen LogP contribution in [0, 0.1) is 5.82 Å². The summed E-state index contributed by atoms with van der Waals surface area (Å²) < 4.78 is 14.8. The van der Waals surface area contributed by atoms with Crippen molar-refractivity contribution in [3.05, 3.63) is 58.3 Å². The zero-order chi connectivity index (χ0) is 13.2. The SMILES string of the molecule is Fc1c(Cl)cccc1CNc1ccc2ncsc2c1. The Balaban J connectivity index is 1.80. The average Bonchev–Trinajstić information content (AvgIpc) is 2.88. The second-order valence-corrected chi connectivity index (χ2v) is 5.39. The molecular formula is C14H10ClFN2S. The fraction of sp³-hybridized carbons (Fsp3) is 0.0714. The summed E-state index contributed by atoms with van der Waals surface area (Å²) in [7, 11) is 0. The van der Waals surface area contributed by atoms with Gasteiger partial charge in [0.1, 0.15) is 5.82 Å². The molecule has 3 rings (SSSR count). The molecular weight excluding hydrogens is 283 g/mol. The van der Waals surface area contributed by atoms with E-state index < -0.39 is 0 Å². The van der Waals surface area contributed by atoms with Crippen molar-refractivity contribution in [1.82, 2.24) is 4.98 Å². The number of fused-ring (bicyclic) bond motifs is 1. The van der Waals surface area contributed by atoms with E-state index >= 15 is 0 Å². The third-order valence-corrected chi connectivity index (χ3v) is 3.93. The quantitative estimate of drug-likeness (QED) is 0.757. The molecule has 0 radical (unpaired) electrons. The highest BCUT2D eigenvalue weighted by molar-refractivity contribution is 7.16. The Bertz CT molecular complexity index is 726. The van der Waals surface area contributed by atoms with Gasteiger partial charge in [-0.15, -0.1) is 11.3 Å². The fourth-order valence-electron chi connectivity index (χ4n) is 1.85. The van der Waals surface area contributed by atoms with E-state index in [1.165, 1.54) is 0 Å². The molecule has 0 aliphatic rings. The zero-order valence-corrected chi connectivity index (χ0v) is 11.4. The minimum absolute atomic E-state index is 0.150. The molecule has 2 aromatic carbocycles. The van der Waals surface area contributed by atoms with Crippen molar-refractivity contribution in [1.29, 1.82) is 0 Å². The molecule has 0 saturated carbocycles. The molecule has 0 spiro atoms. The summed E-state index contributed by atoms with van der Waals surface area (Å²) in [6.45, 7) is 0.400. The highest BCUT2D eigenvalue weighted by atomic mass is 35.5. The van der Waals surface area contributed by atoms with Crippen LogP contribution >= 0.6 is 22.9 Å². The van der Waals surface area contributed by atoms with Crippen molar-refractivity contribution >= 4 is 38.8 Å². The second kappa shape index (κ2) is 5.15. The lowest BCUT2D eigenvalue weighted by atomic mass is 10.2. The number of hydrogen-bond donors (Lipinski definition) is 1. The van der Waals surface area contributed by atoms with Gasteiger partial charge in [-0.05, 0) is 24.3 Å². The van der Waals surface area contributed by atoms with Crippen molar-refractivity contribution < 1.29 is 4.39 Å². The van der Waals surface area contributed by atoms with Crippen LogP contribution < -0.4 is 5.32 Å². The van der Waals surface area contributed by atoms with Gasteiger partial charge in [-0.1, -0.05) is 23.7 Å². The highest BCUT2D eigenvalue weighted by Gasteiger charge is 2.06. The molecule has 0 unspecified atom stereocenters. The van der Waals surface area contributed by atoms with E-state index in [0.29, 0.717) is 12.1 Å². The van der Waals surface area contributed by atoms with Crippen LogP contribution in [0.5, 0.6) is 0 Å². The van der Waals surface area contributed by atoms with Crippen LogP contribution in [-0.4, -0.2) is 4.98 Å². The van der Waals surface area contributed by atoms with Gasteiger partial charge in [0.05, 0.1) is 20.7 Å². The first kappa shape index (κ1) is 12.4. The topological polar surface area (TPSA) is 24.9 Å².